The molecular formula is C8H12ClN. The van der Waals surface area contributed by atoms with Crippen molar-refractivity contribution in [2.45, 2.75) is 20.8 Å². The summed E-state index contributed by atoms with van der Waals surface area (Å²) in [6.07, 6.45) is 1.87. The van der Waals surface area contributed by atoms with E-state index in [-0.39, 0.29) is 0 Å². The van der Waals surface area contributed by atoms with E-state index in [0.717, 1.165) is 11.3 Å². The molecule has 56 valence electrons. The van der Waals surface area contributed by atoms with Crippen LogP contribution in [0.15, 0.2) is 27.4 Å². The van der Waals surface area contributed by atoms with Gasteiger partial charge in [-0.3, -0.25) is 4.99 Å². The van der Waals surface area contributed by atoms with Crippen LogP contribution in [0.3, 0.4) is 0 Å². The molecule has 0 bridgehead atoms. The van der Waals surface area contributed by atoms with E-state index in [4.69, 9.17) is 11.6 Å². The lowest BCUT2D eigenvalue weighted by Crippen LogP contribution is -1.73. The van der Waals surface area contributed by atoms with Crippen LogP contribution in [0.25, 0.3) is 0 Å². The molecule has 0 amide bonds. The summed E-state index contributed by atoms with van der Waals surface area (Å²) < 4.78 is 0. The van der Waals surface area contributed by atoms with Gasteiger partial charge >= 0.3 is 0 Å². The SMILES string of the molecule is C=N/C(C)=C(/Cl)C=C(C)C. The van der Waals surface area contributed by atoms with Crippen LogP contribution in [0.4, 0.5) is 0 Å². The average Bonchev–Trinajstić information content (AvgIpc) is 1.85. The number of aliphatic imine (C=N–C) groups is 1. The van der Waals surface area contributed by atoms with Crippen molar-refractivity contribution in [3.8, 4) is 0 Å². The van der Waals surface area contributed by atoms with E-state index in [0.29, 0.717) is 5.03 Å². The van der Waals surface area contributed by atoms with Crippen molar-refractivity contribution >= 4 is 18.3 Å². The van der Waals surface area contributed by atoms with E-state index in [2.05, 4.69) is 11.7 Å². The zero-order chi connectivity index (χ0) is 8.15. The topological polar surface area (TPSA) is 12.4 Å². The Kier molecular flexibility index (Phi) is 4.05. The minimum Gasteiger partial charge on any atom is -0.268 e. The summed E-state index contributed by atoms with van der Waals surface area (Å²) in [6.45, 7) is 9.17. The molecule has 0 N–H and O–H groups in total. The first-order chi connectivity index (χ1) is 4.57. The Balaban J connectivity index is 4.48. The monoisotopic (exact) mass is 157 g/mol. The molecule has 0 saturated heterocycles. The summed E-state index contributed by atoms with van der Waals surface area (Å²) in [6, 6.07) is 0. The fourth-order valence-corrected chi connectivity index (χ4v) is 0.711. The summed E-state index contributed by atoms with van der Waals surface area (Å²) in [7, 11) is 0. The Morgan fingerprint density at radius 2 is 1.90 bits per heavy atom. The first-order valence-corrected chi connectivity index (χ1v) is 3.43. The molecule has 0 spiro atoms. The van der Waals surface area contributed by atoms with Gasteiger partial charge < -0.3 is 0 Å². The lowest BCUT2D eigenvalue weighted by molar-refractivity contribution is 1.29. The van der Waals surface area contributed by atoms with Crippen LogP contribution >= 0.6 is 11.6 Å². The predicted octanol–water partition coefficient (Wildman–Crippen LogP) is 3.12. The van der Waals surface area contributed by atoms with Crippen molar-refractivity contribution in [3.05, 3.63) is 22.4 Å². The summed E-state index contributed by atoms with van der Waals surface area (Å²) in [5.74, 6) is 0. The molecule has 0 heterocycles. The Bertz CT molecular complexity index is 185. The summed E-state index contributed by atoms with van der Waals surface area (Å²) in [5, 5.41) is 0.662. The van der Waals surface area contributed by atoms with Crippen molar-refractivity contribution < 1.29 is 0 Å². The number of halogens is 1. The maximum Gasteiger partial charge on any atom is 0.0617 e. The molecule has 0 aliphatic carbocycles. The van der Waals surface area contributed by atoms with Crippen LogP contribution in [0.5, 0.6) is 0 Å². The average molecular weight is 158 g/mol. The van der Waals surface area contributed by atoms with Crippen LogP contribution < -0.4 is 0 Å². The molecule has 0 aromatic heterocycles. The molecule has 0 atom stereocenters. The van der Waals surface area contributed by atoms with Crippen molar-refractivity contribution in [1.29, 1.82) is 0 Å². The highest BCUT2D eigenvalue weighted by atomic mass is 35.5. The Morgan fingerprint density at radius 1 is 1.40 bits per heavy atom. The van der Waals surface area contributed by atoms with Crippen molar-refractivity contribution in [3.63, 3.8) is 0 Å². The van der Waals surface area contributed by atoms with Crippen molar-refractivity contribution in [2.24, 2.45) is 4.99 Å². The van der Waals surface area contributed by atoms with Gasteiger partial charge in [-0.1, -0.05) is 17.2 Å². The second kappa shape index (κ2) is 4.29. The molecule has 0 rings (SSSR count). The van der Waals surface area contributed by atoms with Crippen LogP contribution in [0.1, 0.15) is 20.8 Å². The molecule has 0 aliphatic heterocycles. The Hall–Kier alpha value is -0.560. The third-order valence-corrected chi connectivity index (χ3v) is 1.38. The summed E-state index contributed by atoms with van der Waals surface area (Å²) in [4.78, 5) is 3.69. The maximum atomic E-state index is 5.80. The highest BCUT2D eigenvalue weighted by Gasteiger charge is 1.90. The molecular weight excluding hydrogens is 146 g/mol. The second-order valence-corrected chi connectivity index (χ2v) is 2.72. The molecule has 0 aliphatic rings. The molecule has 0 unspecified atom stereocenters. The predicted molar refractivity (Wildman–Crippen MR) is 47.5 cm³/mol. The molecule has 2 heteroatoms. The van der Waals surface area contributed by atoms with E-state index in [9.17, 15) is 0 Å². The van der Waals surface area contributed by atoms with Gasteiger partial charge in [0.1, 0.15) is 0 Å². The zero-order valence-electron chi connectivity index (χ0n) is 6.61. The molecule has 0 aromatic carbocycles. The number of rotatable bonds is 2. The van der Waals surface area contributed by atoms with Gasteiger partial charge in [0, 0.05) is 0 Å². The first-order valence-electron chi connectivity index (χ1n) is 3.06. The maximum absolute atomic E-state index is 5.80. The molecule has 0 radical (unpaired) electrons. The van der Waals surface area contributed by atoms with Gasteiger partial charge in [-0.15, -0.1) is 0 Å². The van der Waals surface area contributed by atoms with E-state index in [1.54, 1.807) is 0 Å². The molecule has 0 aromatic rings. The highest BCUT2D eigenvalue weighted by molar-refractivity contribution is 6.31. The largest absolute Gasteiger partial charge is 0.268 e. The van der Waals surface area contributed by atoms with Gasteiger partial charge in [-0.2, -0.15) is 0 Å². The Labute approximate surface area is 67.1 Å². The van der Waals surface area contributed by atoms with Crippen LogP contribution in [-0.4, -0.2) is 6.72 Å². The number of hydrogen-bond donors (Lipinski definition) is 0. The van der Waals surface area contributed by atoms with Gasteiger partial charge in [-0.05, 0) is 33.6 Å². The van der Waals surface area contributed by atoms with Gasteiger partial charge in [-0.25, -0.2) is 0 Å². The van der Waals surface area contributed by atoms with Gasteiger partial charge in [0.15, 0.2) is 0 Å². The zero-order valence-corrected chi connectivity index (χ0v) is 7.37. The van der Waals surface area contributed by atoms with Crippen LogP contribution in [0, 0.1) is 0 Å². The minimum atomic E-state index is 0.662. The molecule has 0 saturated carbocycles. The fourth-order valence-electron chi connectivity index (χ4n) is 0.433. The standard InChI is InChI=1S/C8H12ClN/c1-6(2)5-8(9)7(3)10-4/h5H,4H2,1-3H3/b8-7+. The van der Waals surface area contributed by atoms with Crippen molar-refractivity contribution in [2.75, 3.05) is 0 Å². The molecule has 1 nitrogen and oxygen atoms in total. The van der Waals surface area contributed by atoms with E-state index < -0.39 is 0 Å². The lowest BCUT2D eigenvalue weighted by atomic mass is 10.3. The number of hydrogen-bond acceptors (Lipinski definition) is 1. The normalized spacial score (nSPS) is 12.0. The van der Waals surface area contributed by atoms with Gasteiger partial charge in [0.25, 0.3) is 0 Å². The molecule has 0 fully saturated rings. The number of allylic oxidation sites excluding steroid dienone is 4. The third kappa shape index (κ3) is 3.46. The quantitative estimate of drug-likeness (QED) is 0.432. The smallest absolute Gasteiger partial charge is 0.0617 e. The first kappa shape index (κ1) is 9.44. The van der Waals surface area contributed by atoms with E-state index >= 15 is 0 Å². The molecule has 10 heavy (non-hydrogen) atoms. The van der Waals surface area contributed by atoms with Crippen molar-refractivity contribution in [1.82, 2.24) is 0 Å². The summed E-state index contributed by atoms with van der Waals surface area (Å²) >= 11 is 5.80. The Morgan fingerprint density at radius 3 is 2.20 bits per heavy atom. The third-order valence-electron chi connectivity index (χ3n) is 0.998. The van der Waals surface area contributed by atoms with E-state index in [1.165, 1.54) is 0 Å². The minimum absolute atomic E-state index is 0.662. The second-order valence-electron chi connectivity index (χ2n) is 2.31. The lowest BCUT2D eigenvalue weighted by Gasteiger charge is -1.93. The summed E-state index contributed by atoms with van der Waals surface area (Å²) in [5.41, 5.74) is 1.93. The van der Waals surface area contributed by atoms with Crippen LogP contribution in [0.2, 0.25) is 0 Å². The fraction of sp³-hybridized carbons (Fsp3) is 0.375. The number of nitrogens with zero attached hydrogens (tertiary/aromatic N) is 1. The highest BCUT2D eigenvalue weighted by Crippen LogP contribution is 2.12. The van der Waals surface area contributed by atoms with Gasteiger partial charge in [0.2, 0.25) is 0 Å². The van der Waals surface area contributed by atoms with E-state index in [1.807, 2.05) is 26.8 Å². The van der Waals surface area contributed by atoms with Gasteiger partial charge in [0.05, 0.1) is 10.7 Å². The van der Waals surface area contributed by atoms with Crippen LogP contribution in [-0.2, 0) is 0 Å².